The van der Waals surface area contributed by atoms with E-state index in [0.717, 1.165) is 0 Å². The van der Waals surface area contributed by atoms with Crippen molar-refractivity contribution in [2.24, 2.45) is 0 Å². The first-order valence-corrected chi connectivity index (χ1v) is 5.05. The van der Waals surface area contributed by atoms with Crippen molar-refractivity contribution in [1.29, 1.82) is 0 Å². The van der Waals surface area contributed by atoms with E-state index in [1.54, 1.807) is 0 Å². The zero-order valence-corrected chi connectivity index (χ0v) is 7.87. The van der Waals surface area contributed by atoms with Crippen LogP contribution in [0.25, 0.3) is 0 Å². The largest absolute Gasteiger partial charge is 0.481 e. The highest BCUT2D eigenvalue weighted by molar-refractivity contribution is 7.46. The predicted molar refractivity (Wildman–Crippen MR) is 42.0 cm³/mol. The smallest absolute Gasteiger partial charge is 0.471 e. The van der Waals surface area contributed by atoms with Gasteiger partial charge in [0.05, 0.1) is 12.5 Å². The van der Waals surface area contributed by atoms with Crippen molar-refractivity contribution in [3.63, 3.8) is 0 Å². The average molecular weight is 230 g/mol. The Balaban J connectivity index is 3.88. The number of aliphatic hydroxyl groups is 2. The standard InChI is InChI=1S/C5H11O8P/c6-3(1-4(7)8)2-5(9)13-14(10,11)12/h3,5-6,9H,1-2H2,(H,7,8)(H2,10,11,12). The number of carboxylic acid groups (broad SMARTS) is 1. The number of carbonyl (C=O) groups is 1. The van der Waals surface area contributed by atoms with Crippen molar-refractivity contribution >= 4 is 13.8 Å². The van der Waals surface area contributed by atoms with Gasteiger partial charge in [0.1, 0.15) is 0 Å². The molecule has 8 nitrogen and oxygen atoms in total. The second kappa shape index (κ2) is 5.40. The molecule has 2 atom stereocenters. The van der Waals surface area contributed by atoms with Crippen molar-refractivity contribution in [2.45, 2.75) is 25.2 Å². The second-order valence-electron chi connectivity index (χ2n) is 2.54. The Labute approximate surface area is 79.0 Å². The lowest BCUT2D eigenvalue weighted by Crippen LogP contribution is -2.21. The van der Waals surface area contributed by atoms with Crippen molar-refractivity contribution in [3.8, 4) is 0 Å². The van der Waals surface area contributed by atoms with E-state index in [0.29, 0.717) is 0 Å². The zero-order valence-electron chi connectivity index (χ0n) is 6.98. The lowest BCUT2D eigenvalue weighted by molar-refractivity contribution is -0.140. The molecule has 0 amide bonds. The summed E-state index contributed by atoms with van der Waals surface area (Å²) < 4.78 is 13.9. The molecule has 0 fully saturated rings. The van der Waals surface area contributed by atoms with E-state index >= 15 is 0 Å². The number of phosphoric ester groups is 1. The third-order valence-corrected chi connectivity index (χ3v) is 1.66. The summed E-state index contributed by atoms with van der Waals surface area (Å²) in [6.07, 6.45) is -4.54. The molecule has 0 spiro atoms. The van der Waals surface area contributed by atoms with Crippen LogP contribution in [0.4, 0.5) is 0 Å². The summed E-state index contributed by atoms with van der Waals surface area (Å²) in [7, 11) is -4.82. The molecule has 14 heavy (non-hydrogen) atoms. The van der Waals surface area contributed by atoms with Crippen molar-refractivity contribution in [2.75, 3.05) is 0 Å². The Morgan fingerprint density at radius 3 is 2.21 bits per heavy atom. The SMILES string of the molecule is O=C(O)CC(O)CC(O)OP(=O)(O)O. The van der Waals surface area contributed by atoms with E-state index in [9.17, 15) is 9.36 Å². The lowest BCUT2D eigenvalue weighted by Gasteiger charge is -2.14. The Bertz CT molecular complexity index is 234. The molecule has 0 bridgehead atoms. The Kier molecular flexibility index (Phi) is 5.21. The van der Waals surface area contributed by atoms with Crippen LogP contribution in [0.3, 0.4) is 0 Å². The van der Waals surface area contributed by atoms with Gasteiger partial charge < -0.3 is 25.1 Å². The predicted octanol–water partition coefficient (Wildman–Crippen LogP) is -1.36. The maximum absolute atomic E-state index is 10.2. The molecular weight excluding hydrogens is 219 g/mol. The summed E-state index contributed by atoms with van der Waals surface area (Å²) in [5, 5.41) is 25.9. The third-order valence-electron chi connectivity index (χ3n) is 1.14. The monoisotopic (exact) mass is 230 g/mol. The molecule has 0 radical (unpaired) electrons. The van der Waals surface area contributed by atoms with Gasteiger partial charge in [-0.05, 0) is 0 Å². The summed E-state index contributed by atoms with van der Waals surface area (Å²) in [5.41, 5.74) is 0. The van der Waals surface area contributed by atoms with Crippen LogP contribution in [0.2, 0.25) is 0 Å². The molecule has 0 aromatic heterocycles. The van der Waals surface area contributed by atoms with E-state index in [1.807, 2.05) is 0 Å². The summed E-state index contributed by atoms with van der Waals surface area (Å²) >= 11 is 0. The molecule has 9 heteroatoms. The van der Waals surface area contributed by atoms with Gasteiger partial charge in [0.25, 0.3) is 0 Å². The van der Waals surface area contributed by atoms with Crippen LogP contribution in [0.5, 0.6) is 0 Å². The van der Waals surface area contributed by atoms with Gasteiger partial charge in [0.15, 0.2) is 6.29 Å². The van der Waals surface area contributed by atoms with Gasteiger partial charge >= 0.3 is 13.8 Å². The van der Waals surface area contributed by atoms with E-state index < -0.39 is 39.0 Å². The average Bonchev–Trinajstić information content (AvgIpc) is 1.77. The fourth-order valence-electron chi connectivity index (χ4n) is 0.719. The molecule has 5 N–H and O–H groups in total. The van der Waals surface area contributed by atoms with Crippen LogP contribution in [0, 0.1) is 0 Å². The van der Waals surface area contributed by atoms with Gasteiger partial charge in [0, 0.05) is 6.42 Å². The fraction of sp³-hybridized carbons (Fsp3) is 0.800. The van der Waals surface area contributed by atoms with E-state index in [4.69, 9.17) is 25.1 Å². The Hall–Kier alpha value is -0.500. The molecule has 0 rings (SSSR count). The zero-order chi connectivity index (χ0) is 11.4. The minimum absolute atomic E-state index is 0.586. The van der Waals surface area contributed by atoms with Gasteiger partial charge in [-0.15, -0.1) is 0 Å². The highest BCUT2D eigenvalue weighted by Crippen LogP contribution is 2.37. The van der Waals surface area contributed by atoms with Crippen molar-refractivity contribution in [1.82, 2.24) is 0 Å². The molecule has 0 saturated heterocycles. The molecule has 0 aliphatic heterocycles. The number of carboxylic acids is 1. The Morgan fingerprint density at radius 2 is 1.86 bits per heavy atom. The highest BCUT2D eigenvalue weighted by Gasteiger charge is 2.23. The molecular formula is C5H11O8P. The molecule has 0 heterocycles. The first-order valence-electron chi connectivity index (χ1n) is 3.52. The van der Waals surface area contributed by atoms with Crippen LogP contribution in [0.1, 0.15) is 12.8 Å². The maximum atomic E-state index is 10.2. The maximum Gasteiger partial charge on any atom is 0.471 e. The topological polar surface area (TPSA) is 145 Å². The van der Waals surface area contributed by atoms with Crippen LogP contribution < -0.4 is 0 Å². The molecule has 0 aliphatic rings. The van der Waals surface area contributed by atoms with Crippen LogP contribution in [-0.2, 0) is 13.9 Å². The van der Waals surface area contributed by atoms with Crippen molar-refractivity contribution in [3.05, 3.63) is 0 Å². The minimum atomic E-state index is -4.82. The van der Waals surface area contributed by atoms with Crippen LogP contribution in [-0.4, -0.2) is 43.5 Å². The van der Waals surface area contributed by atoms with Crippen LogP contribution >= 0.6 is 7.82 Å². The van der Waals surface area contributed by atoms with Gasteiger partial charge in [-0.3, -0.25) is 9.32 Å². The molecule has 84 valence electrons. The lowest BCUT2D eigenvalue weighted by atomic mass is 10.2. The molecule has 2 unspecified atom stereocenters. The normalized spacial score (nSPS) is 16.3. The number of hydrogen-bond acceptors (Lipinski definition) is 5. The van der Waals surface area contributed by atoms with E-state index in [2.05, 4.69) is 4.52 Å². The quantitative estimate of drug-likeness (QED) is 0.278. The number of hydrogen-bond donors (Lipinski definition) is 5. The summed E-state index contributed by atoms with van der Waals surface area (Å²) in [5.74, 6) is -1.29. The van der Waals surface area contributed by atoms with Gasteiger partial charge in [0.2, 0.25) is 0 Å². The fourth-order valence-corrected chi connectivity index (χ4v) is 1.12. The van der Waals surface area contributed by atoms with E-state index in [1.165, 1.54) is 0 Å². The first kappa shape index (κ1) is 13.5. The molecule has 0 saturated carbocycles. The van der Waals surface area contributed by atoms with Crippen molar-refractivity contribution < 1.29 is 39.0 Å². The number of phosphoric acid groups is 1. The highest BCUT2D eigenvalue weighted by atomic mass is 31.2. The third kappa shape index (κ3) is 8.11. The first-order chi connectivity index (χ1) is 6.20. The number of rotatable bonds is 6. The van der Waals surface area contributed by atoms with E-state index in [-0.39, 0.29) is 0 Å². The van der Waals surface area contributed by atoms with Gasteiger partial charge in [-0.2, -0.15) is 0 Å². The molecule has 0 aromatic carbocycles. The molecule has 0 aromatic rings. The molecule has 0 aliphatic carbocycles. The summed E-state index contributed by atoms with van der Waals surface area (Å²) in [6, 6.07) is 0. The summed E-state index contributed by atoms with van der Waals surface area (Å²) in [6.45, 7) is 0. The Morgan fingerprint density at radius 1 is 1.36 bits per heavy atom. The number of aliphatic hydroxyl groups excluding tert-OH is 2. The van der Waals surface area contributed by atoms with Gasteiger partial charge in [-0.1, -0.05) is 0 Å². The van der Waals surface area contributed by atoms with Gasteiger partial charge in [-0.25, -0.2) is 4.57 Å². The summed E-state index contributed by atoms with van der Waals surface area (Å²) in [4.78, 5) is 26.5. The van der Waals surface area contributed by atoms with Crippen LogP contribution in [0.15, 0.2) is 0 Å². The second-order valence-corrected chi connectivity index (χ2v) is 3.73. The minimum Gasteiger partial charge on any atom is -0.481 e. The number of aliphatic carboxylic acids is 1.